The third-order valence-electron chi connectivity index (χ3n) is 4.05. The SMILES string of the molecule is Cc1nc2ccc(C(=O)NCc3ccccc3-c3ccsc3)cc2s1. The molecule has 0 aliphatic rings. The molecule has 0 bridgehead atoms. The molecule has 5 heteroatoms. The van der Waals surface area contributed by atoms with E-state index in [0.29, 0.717) is 12.1 Å². The molecule has 0 aliphatic heterocycles. The van der Waals surface area contributed by atoms with E-state index in [1.54, 1.807) is 22.7 Å². The van der Waals surface area contributed by atoms with Crippen LogP contribution in [0.5, 0.6) is 0 Å². The second-order valence-corrected chi connectivity index (χ2v) is 7.78. The van der Waals surface area contributed by atoms with Gasteiger partial charge in [-0.1, -0.05) is 24.3 Å². The quantitative estimate of drug-likeness (QED) is 0.536. The van der Waals surface area contributed by atoms with Crippen molar-refractivity contribution in [2.45, 2.75) is 13.5 Å². The Balaban J connectivity index is 1.54. The fraction of sp³-hybridized carbons (Fsp3) is 0.100. The van der Waals surface area contributed by atoms with Crippen LogP contribution in [-0.2, 0) is 6.54 Å². The minimum absolute atomic E-state index is 0.0620. The molecule has 25 heavy (non-hydrogen) atoms. The summed E-state index contributed by atoms with van der Waals surface area (Å²) in [5, 5.41) is 8.24. The number of aryl methyl sites for hydroxylation is 1. The summed E-state index contributed by atoms with van der Waals surface area (Å²) in [6.07, 6.45) is 0. The minimum Gasteiger partial charge on any atom is -0.348 e. The van der Waals surface area contributed by atoms with Crippen LogP contribution in [0.4, 0.5) is 0 Å². The molecule has 4 aromatic rings. The van der Waals surface area contributed by atoms with Gasteiger partial charge >= 0.3 is 0 Å². The number of thiophene rings is 1. The summed E-state index contributed by atoms with van der Waals surface area (Å²) in [4.78, 5) is 17.0. The Morgan fingerprint density at radius 3 is 2.88 bits per heavy atom. The highest BCUT2D eigenvalue weighted by molar-refractivity contribution is 7.18. The lowest BCUT2D eigenvalue weighted by molar-refractivity contribution is 0.0951. The van der Waals surface area contributed by atoms with Crippen molar-refractivity contribution in [1.29, 1.82) is 0 Å². The van der Waals surface area contributed by atoms with Crippen LogP contribution >= 0.6 is 22.7 Å². The van der Waals surface area contributed by atoms with Crippen LogP contribution in [0.3, 0.4) is 0 Å². The topological polar surface area (TPSA) is 42.0 Å². The van der Waals surface area contributed by atoms with Gasteiger partial charge < -0.3 is 5.32 Å². The summed E-state index contributed by atoms with van der Waals surface area (Å²) >= 11 is 3.28. The van der Waals surface area contributed by atoms with Crippen molar-refractivity contribution in [1.82, 2.24) is 10.3 Å². The number of thiazole rings is 1. The van der Waals surface area contributed by atoms with Crippen molar-refractivity contribution in [3.8, 4) is 11.1 Å². The lowest BCUT2D eigenvalue weighted by Gasteiger charge is -2.10. The van der Waals surface area contributed by atoms with Gasteiger partial charge in [-0.05, 0) is 58.6 Å². The molecule has 2 heterocycles. The number of rotatable bonds is 4. The van der Waals surface area contributed by atoms with E-state index in [0.717, 1.165) is 26.4 Å². The molecule has 0 saturated heterocycles. The molecule has 0 atom stereocenters. The predicted octanol–water partition coefficient (Wildman–Crippen LogP) is 5.26. The van der Waals surface area contributed by atoms with E-state index in [2.05, 4.69) is 39.3 Å². The second kappa shape index (κ2) is 6.78. The maximum Gasteiger partial charge on any atom is 0.251 e. The lowest BCUT2D eigenvalue weighted by Crippen LogP contribution is -2.23. The minimum atomic E-state index is -0.0620. The van der Waals surface area contributed by atoms with Gasteiger partial charge in [-0.2, -0.15) is 11.3 Å². The van der Waals surface area contributed by atoms with Crippen LogP contribution in [0.1, 0.15) is 20.9 Å². The number of hydrogen-bond donors (Lipinski definition) is 1. The second-order valence-electron chi connectivity index (χ2n) is 5.77. The van der Waals surface area contributed by atoms with Crippen LogP contribution in [0.2, 0.25) is 0 Å². The summed E-state index contributed by atoms with van der Waals surface area (Å²) in [6.45, 7) is 2.48. The molecule has 0 aliphatic carbocycles. The monoisotopic (exact) mass is 364 g/mol. The summed E-state index contributed by atoms with van der Waals surface area (Å²) in [6, 6.07) is 15.9. The molecular formula is C20H16N2OS2. The van der Waals surface area contributed by atoms with Crippen molar-refractivity contribution < 1.29 is 4.79 Å². The van der Waals surface area contributed by atoms with E-state index in [9.17, 15) is 4.79 Å². The molecule has 3 nitrogen and oxygen atoms in total. The highest BCUT2D eigenvalue weighted by atomic mass is 32.1. The van der Waals surface area contributed by atoms with Crippen LogP contribution in [-0.4, -0.2) is 10.9 Å². The number of nitrogens with zero attached hydrogens (tertiary/aromatic N) is 1. The number of hydrogen-bond acceptors (Lipinski definition) is 4. The number of fused-ring (bicyclic) bond motifs is 1. The number of aromatic nitrogens is 1. The van der Waals surface area contributed by atoms with Crippen LogP contribution in [0.15, 0.2) is 59.3 Å². The maximum absolute atomic E-state index is 12.5. The van der Waals surface area contributed by atoms with E-state index >= 15 is 0 Å². The summed E-state index contributed by atoms with van der Waals surface area (Å²) < 4.78 is 1.05. The van der Waals surface area contributed by atoms with E-state index in [-0.39, 0.29) is 5.91 Å². The zero-order valence-corrected chi connectivity index (χ0v) is 15.3. The number of carbonyl (C=O) groups excluding carboxylic acids is 1. The molecule has 1 N–H and O–H groups in total. The Hall–Kier alpha value is -2.50. The lowest BCUT2D eigenvalue weighted by atomic mass is 10.0. The fourth-order valence-corrected chi connectivity index (χ4v) is 4.35. The largest absolute Gasteiger partial charge is 0.348 e. The van der Waals surface area contributed by atoms with Crippen molar-refractivity contribution >= 4 is 38.8 Å². The van der Waals surface area contributed by atoms with E-state index in [1.807, 2.05) is 37.3 Å². The summed E-state index contributed by atoms with van der Waals surface area (Å²) in [7, 11) is 0. The molecule has 0 unspecified atom stereocenters. The molecule has 2 aromatic heterocycles. The number of nitrogens with one attached hydrogen (secondary N) is 1. The highest BCUT2D eigenvalue weighted by Gasteiger charge is 2.10. The van der Waals surface area contributed by atoms with Gasteiger partial charge in [0.25, 0.3) is 5.91 Å². The average Bonchev–Trinajstić information content (AvgIpc) is 3.27. The van der Waals surface area contributed by atoms with Crippen molar-refractivity contribution in [2.75, 3.05) is 0 Å². The molecular weight excluding hydrogens is 348 g/mol. The first-order valence-electron chi connectivity index (χ1n) is 7.96. The van der Waals surface area contributed by atoms with E-state index < -0.39 is 0 Å². The van der Waals surface area contributed by atoms with Crippen molar-refractivity contribution in [2.24, 2.45) is 0 Å². The van der Waals surface area contributed by atoms with Gasteiger partial charge in [0.1, 0.15) is 0 Å². The maximum atomic E-state index is 12.5. The normalized spacial score (nSPS) is 10.9. The first-order chi connectivity index (χ1) is 12.2. The highest BCUT2D eigenvalue weighted by Crippen LogP contribution is 2.26. The molecule has 0 saturated carbocycles. The van der Waals surface area contributed by atoms with Gasteiger partial charge in [0, 0.05) is 12.1 Å². The summed E-state index contributed by atoms with van der Waals surface area (Å²) in [5.74, 6) is -0.0620. The average molecular weight is 364 g/mol. The Bertz CT molecular complexity index is 1030. The Morgan fingerprint density at radius 1 is 1.16 bits per heavy atom. The van der Waals surface area contributed by atoms with Gasteiger partial charge in [0.2, 0.25) is 0 Å². The summed E-state index contributed by atoms with van der Waals surface area (Å²) in [5.41, 5.74) is 5.09. The third kappa shape index (κ3) is 3.34. The van der Waals surface area contributed by atoms with Crippen LogP contribution in [0.25, 0.3) is 21.3 Å². The molecule has 1 amide bonds. The molecule has 4 rings (SSSR count). The first-order valence-corrected chi connectivity index (χ1v) is 9.72. The van der Waals surface area contributed by atoms with Crippen LogP contribution < -0.4 is 5.32 Å². The number of amides is 1. The molecule has 124 valence electrons. The van der Waals surface area contributed by atoms with Gasteiger partial charge in [0.15, 0.2) is 0 Å². The first kappa shape index (κ1) is 16.0. The van der Waals surface area contributed by atoms with Gasteiger partial charge in [-0.25, -0.2) is 4.98 Å². The standard InChI is InChI=1S/C20H16N2OS2/c1-13-22-18-7-6-14(10-19(18)25-13)20(23)21-11-15-4-2-3-5-17(15)16-8-9-24-12-16/h2-10,12H,11H2,1H3,(H,21,23). The zero-order chi connectivity index (χ0) is 17.2. The van der Waals surface area contributed by atoms with Crippen molar-refractivity contribution in [3.05, 3.63) is 75.4 Å². The van der Waals surface area contributed by atoms with Crippen molar-refractivity contribution in [3.63, 3.8) is 0 Å². The van der Waals surface area contributed by atoms with Gasteiger partial charge in [-0.3, -0.25) is 4.79 Å². The molecule has 2 aromatic carbocycles. The molecule has 0 fully saturated rings. The Kier molecular flexibility index (Phi) is 4.34. The number of carbonyl (C=O) groups is 1. The zero-order valence-electron chi connectivity index (χ0n) is 13.7. The smallest absolute Gasteiger partial charge is 0.251 e. The Morgan fingerprint density at radius 2 is 2.04 bits per heavy atom. The van der Waals surface area contributed by atoms with Gasteiger partial charge in [-0.15, -0.1) is 11.3 Å². The van der Waals surface area contributed by atoms with E-state index in [4.69, 9.17) is 0 Å². The molecule has 0 spiro atoms. The van der Waals surface area contributed by atoms with Gasteiger partial charge in [0.05, 0.1) is 15.2 Å². The van der Waals surface area contributed by atoms with Crippen LogP contribution in [0, 0.1) is 6.92 Å². The third-order valence-corrected chi connectivity index (χ3v) is 5.66. The molecule has 0 radical (unpaired) electrons. The number of benzene rings is 2. The Labute approximate surface area is 154 Å². The fourth-order valence-electron chi connectivity index (χ4n) is 2.83. The predicted molar refractivity (Wildman–Crippen MR) is 105 cm³/mol. The van der Waals surface area contributed by atoms with E-state index in [1.165, 1.54) is 5.56 Å².